The van der Waals surface area contributed by atoms with Crippen LogP contribution in [0.1, 0.15) is 43.4 Å². The Morgan fingerprint density at radius 3 is 2.40 bits per heavy atom. The molecule has 0 radical (unpaired) electrons. The van der Waals surface area contributed by atoms with Gasteiger partial charge in [-0.3, -0.25) is 4.79 Å². The molecular weight excluding hydrogens is 502 g/mol. The summed E-state index contributed by atoms with van der Waals surface area (Å²) in [7, 11) is 0. The van der Waals surface area contributed by atoms with E-state index in [-0.39, 0.29) is 39.4 Å². The van der Waals surface area contributed by atoms with Crippen molar-refractivity contribution in [1.82, 2.24) is 4.90 Å². The van der Waals surface area contributed by atoms with Gasteiger partial charge in [0.1, 0.15) is 0 Å². The van der Waals surface area contributed by atoms with Gasteiger partial charge >= 0.3 is 6.18 Å². The SMILES string of the molecule is [C-]#[N+]c1cc2c(c(C(F)(F)F)c1)C(O)(c1ccc(Cl)cc1Cl)C(=O)N2C[C@H]1C[C@H](N(CC)CC)C1. The maximum absolute atomic E-state index is 14.2. The van der Waals surface area contributed by atoms with Gasteiger partial charge in [-0.15, -0.1) is 0 Å². The zero-order valence-corrected chi connectivity index (χ0v) is 20.7. The van der Waals surface area contributed by atoms with E-state index in [1.165, 1.54) is 29.2 Å². The minimum absolute atomic E-state index is 0.0476. The first kappa shape index (κ1) is 25.8. The van der Waals surface area contributed by atoms with Gasteiger partial charge < -0.3 is 14.9 Å². The van der Waals surface area contributed by atoms with Gasteiger partial charge in [-0.1, -0.05) is 43.1 Å². The minimum Gasteiger partial charge on any atom is -0.372 e. The molecule has 1 aliphatic heterocycles. The van der Waals surface area contributed by atoms with Crippen molar-refractivity contribution in [2.24, 2.45) is 5.92 Å². The summed E-state index contributed by atoms with van der Waals surface area (Å²) >= 11 is 12.2. The first-order valence-electron chi connectivity index (χ1n) is 11.3. The third-order valence-electron chi connectivity index (χ3n) is 7.05. The van der Waals surface area contributed by atoms with Crippen LogP contribution in [0.3, 0.4) is 0 Å². The normalized spacial score (nSPS) is 23.9. The number of aliphatic hydroxyl groups is 1. The molecule has 4 rings (SSSR count). The monoisotopic (exact) mass is 525 g/mol. The summed E-state index contributed by atoms with van der Waals surface area (Å²) in [6.45, 7) is 13.3. The van der Waals surface area contributed by atoms with Crippen LogP contribution in [0.4, 0.5) is 24.5 Å². The van der Waals surface area contributed by atoms with E-state index < -0.39 is 28.8 Å². The number of benzene rings is 2. The molecule has 1 heterocycles. The van der Waals surface area contributed by atoms with Crippen LogP contribution in [-0.4, -0.2) is 41.6 Å². The lowest BCUT2D eigenvalue weighted by Gasteiger charge is -2.43. The summed E-state index contributed by atoms with van der Waals surface area (Å²) in [5.74, 6) is -0.873. The summed E-state index contributed by atoms with van der Waals surface area (Å²) in [5.41, 5.74) is -5.09. The van der Waals surface area contributed by atoms with E-state index in [1.807, 2.05) is 0 Å². The third kappa shape index (κ3) is 4.29. The summed E-state index contributed by atoms with van der Waals surface area (Å²) < 4.78 is 42.6. The predicted octanol–water partition coefficient (Wildman–Crippen LogP) is 6.27. The first-order valence-corrected chi connectivity index (χ1v) is 12.1. The van der Waals surface area contributed by atoms with Crippen LogP contribution in [0.5, 0.6) is 0 Å². The second-order valence-electron chi connectivity index (χ2n) is 8.96. The average molecular weight is 526 g/mol. The molecule has 1 N–H and O–H groups in total. The van der Waals surface area contributed by atoms with Gasteiger partial charge in [-0.25, -0.2) is 4.85 Å². The highest BCUT2D eigenvalue weighted by Crippen LogP contribution is 2.53. The molecule has 10 heteroatoms. The maximum Gasteiger partial charge on any atom is 0.415 e. The largest absolute Gasteiger partial charge is 0.415 e. The lowest BCUT2D eigenvalue weighted by Crippen LogP contribution is -2.50. The molecule has 1 unspecified atom stereocenters. The van der Waals surface area contributed by atoms with Crippen LogP contribution < -0.4 is 4.90 Å². The molecule has 1 atom stereocenters. The number of rotatable bonds is 6. The van der Waals surface area contributed by atoms with E-state index in [0.717, 1.165) is 25.9 Å². The summed E-state index contributed by atoms with van der Waals surface area (Å²) in [5, 5.41) is 11.8. The average Bonchev–Trinajstić information content (AvgIpc) is 2.98. The molecule has 1 amide bonds. The molecule has 35 heavy (non-hydrogen) atoms. The fraction of sp³-hybridized carbons (Fsp3) is 0.440. The molecule has 0 spiro atoms. The molecule has 2 aromatic rings. The van der Waals surface area contributed by atoms with Gasteiger partial charge in [0.15, 0.2) is 11.3 Å². The first-order chi connectivity index (χ1) is 16.4. The van der Waals surface area contributed by atoms with Crippen molar-refractivity contribution in [3.63, 3.8) is 0 Å². The number of halogens is 5. The smallest absolute Gasteiger partial charge is 0.372 e. The summed E-state index contributed by atoms with van der Waals surface area (Å²) in [4.78, 5) is 20.4. The highest BCUT2D eigenvalue weighted by Gasteiger charge is 2.57. The molecule has 1 fully saturated rings. The Bertz CT molecular complexity index is 1200. The summed E-state index contributed by atoms with van der Waals surface area (Å²) in [6, 6.07) is 6.13. The Morgan fingerprint density at radius 1 is 1.20 bits per heavy atom. The van der Waals surface area contributed by atoms with Crippen molar-refractivity contribution in [3.8, 4) is 0 Å². The zero-order chi connectivity index (χ0) is 25.7. The molecule has 0 bridgehead atoms. The quantitative estimate of drug-likeness (QED) is 0.452. The van der Waals surface area contributed by atoms with Crippen LogP contribution in [0, 0.1) is 12.5 Å². The Kier molecular flexibility index (Phi) is 6.84. The number of hydrogen-bond donors (Lipinski definition) is 1. The lowest BCUT2D eigenvalue weighted by atomic mass is 9.78. The van der Waals surface area contributed by atoms with Crippen molar-refractivity contribution in [3.05, 3.63) is 68.5 Å². The molecule has 1 saturated carbocycles. The lowest BCUT2D eigenvalue weighted by molar-refractivity contribution is -0.142. The van der Waals surface area contributed by atoms with Gasteiger partial charge in [0, 0.05) is 39.4 Å². The Morgan fingerprint density at radius 2 is 1.86 bits per heavy atom. The van der Waals surface area contributed by atoms with E-state index in [1.54, 1.807) is 0 Å². The van der Waals surface area contributed by atoms with E-state index in [4.69, 9.17) is 29.8 Å². The second-order valence-corrected chi connectivity index (χ2v) is 9.80. The van der Waals surface area contributed by atoms with Gasteiger partial charge in [0.2, 0.25) is 0 Å². The van der Waals surface area contributed by atoms with E-state index >= 15 is 0 Å². The topological polar surface area (TPSA) is 48.1 Å². The maximum atomic E-state index is 14.2. The Hall–Kier alpha value is -2.31. The van der Waals surface area contributed by atoms with Crippen molar-refractivity contribution < 1.29 is 23.1 Å². The fourth-order valence-corrected chi connectivity index (χ4v) is 5.81. The number of fused-ring (bicyclic) bond motifs is 1. The fourth-order valence-electron chi connectivity index (χ4n) is 5.26. The highest BCUT2D eigenvalue weighted by molar-refractivity contribution is 6.35. The standard InChI is InChI=1S/C25H24Cl2F3N3O2/c1-4-32(5-2)17-8-14(9-17)13-33-21-12-16(31-3)11-19(25(28,29)30)22(21)24(35,23(33)34)18-7-6-15(26)10-20(18)27/h6-7,10-12,14,17,35H,4-5,8-9,13H2,1-2H3/t14-,17-,24?. The van der Waals surface area contributed by atoms with E-state index in [2.05, 4.69) is 23.6 Å². The number of hydrogen-bond acceptors (Lipinski definition) is 3. The van der Waals surface area contributed by atoms with Crippen molar-refractivity contribution in [2.45, 2.75) is 44.5 Å². The van der Waals surface area contributed by atoms with Crippen molar-refractivity contribution in [2.75, 3.05) is 24.5 Å². The zero-order valence-electron chi connectivity index (χ0n) is 19.2. The van der Waals surface area contributed by atoms with E-state index in [0.29, 0.717) is 12.1 Å². The molecular formula is C25H24Cl2F3N3O2. The third-order valence-corrected chi connectivity index (χ3v) is 7.59. The van der Waals surface area contributed by atoms with Crippen LogP contribution in [0.25, 0.3) is 4.85 Å². The van der Waals surface area contributed by atoms with Gasteiger partial charge in [0.25, 0.3) is 5.91 Å². The Balaban J connectivity index is 1.84. The van der Waals surface area contributed by atoms with E-state index in [9.17, 15) is 23.1 Å². The van der Waals surface area contributed by atoms with Crippen LogP contribution in [0.2, 0.25) is 10.0 Å². The van der Waals surface area contributed by atoms with Gasteiger partial charge in [0.05, 0.1) is 12.1 Å². The molecule has 0 saturated heterocycles. The van der Waals surface area contributed by atoms with Crippen LogP contribution in [0.15, 0.2) is 30.3 Å². The molecule has 1 aliphatic carbocycles. The van der Waals surface area contributed by atoms with Crippen molar-refractivity contribution in [1.29, 1.82) is 0 Å². The highest BCUT2D eigenvalue weighted by atomic mass is 35.5. The Labute approximate surface area is 211 Å². The van der Waals surface area contributed by atoms with Gasteiger partial charge in [-0.2, -0.15) is 13.2 Å². The predicted molar refractivity (Wildman–Crippen MR) is 129 cm³/mol. The molecule has 5 nitrogen and oxygen atoms in total. The number of alkyl halides is 3. The summed E-state index contributed by atoms with van der Waals surface area (Å²) in [6.07, 6.45) is -3.34. The number of carbonyl (C=O) groups is 1. The number of anilines is 1. The van der Waals surface area contributed by atoms with Gasteiger partial charge in [-0.05, 0) is 56.1 Å². The number of nitrogens with zero attached hydrogens (tertiary/aromatic N) is 3. The van der Waals surface area contributed by atoms with Crippen LogP contribution >= 0.6 is 23.2 Å². The molecule has 2 aliphatic rings. The minimum atomic E-state index is -4.92. The molecule has 2 aromatic carbocycles. The number of carbonyl (C=O) groups excluding carboxylic acids is 1. The molecule has 186 valence electrons. The second kappa shape index (κ2) is 9.29. The number of amides is 1. The van der Waals surface area contributed by atoms with Crippen LogP contribution in [-0.2, 0) is 16.6 Å². The van der Waals surface area contributed by atoms with Crippen molar-refractivity contribution >= 4 is 40.5 Å². The molecule has 0 aromatic heterocycles.